The Kier molecular flexibility index (Phi) is 4.09. The summed E-state index contributed by atoms with van der Waals surface area (Å²) in [6, 6.07) is 5.06. The van der Waals surface area contributed by atoms with Crippen LogP contribution in [0.4, 0.5) is 4.39 Å². The Bertz CT molecular complexity index is 654. The minimum atomic E-state index is -3.93. The van der Waals surface area contributed by atoms with Crippen LogP contribution in [0.3, 0.4) is 0 Å². The quantitative estimate of drug-likeness (QED) is 0.900. The van der Waals surface area contributed by atoms with Crippen molar-refractivity contribution in [2.75, 3.05) is 19.7 Å². The zero-order chi connectivity index (χ0) is 14.9. The highest BCUT2D eigenvalue weighted by Crippen LogP contribution is 2.29. The number of sulfonamides is 1. The molecule has 0 bridgehead atoms. The number of benzene rings is 1. The maximum Gasteiger partial charge on any atom is 0.246 e. The van der Waals surface area contributed by atoms with Gasteiger partial charge in [0.1, 0.15) is 10.7 Å². The molecule has 1 aromatic rings. The van der Waals surface area contributed by atoms with E-state index in [1.807, 2.05) is 6.92 Å². The predicted molar refractivity (Wildman–Crippen MR) is 69.6 cm³/mol. The Balaban J connectivity index is 2.35. The highest BCUT2D eigenvalue weighted by Gasteiger charge is 2.37. The molecular formula is C13H15FN2O3S. The van der Waals surface area contributed by atoms with Gasteiger partial charge in [0.05, 0.1) is 11.6 Å². The number of aliphatic hydroxyl groups is 1. The lowest BCUT2D eigenvalue weighted by Crippen LogP contribution is -2.30. The molecule has 0 aliphatic carbocycles. The van der Waals surface area contributed by atoms with Crippen LogP contribution in [0.15, 0.2) is 23.1 Å². The summed E-state index contributed by atoms with van der Waals surface area (Å²) in [5.41, 5.74) is 0.0736. The average molecular weight is 298 g/mol. The second-order valence-corrected chi connectivity index (χ2v) is 6.91. The molecule has 0 radical (unpaired) electrons. The van der Waals surface area contributed by atoms with E-state index >= 15 is 0 Å². The van der Waals surface area contributed by atoms with E-state index in [1.54, 1.807) is 6.07 Å². The molecular weight excluding hydrogens is 283 g/mol. The Morgan fingerprint density at radius 1 is 1.50 bits per heavy atom. The summed E-state index contributed by atoms with van der Waals surface area (Å²) >= 11 is 0. The summed E-state index contributed by atoms with van der Waals surface area (Å²) in [7, 11) is -3.93. The summed E-state index contributed by atoms with van der Waals surface area (Å²) in [5.74, 6) is -1.04. The van der Waals surface area contributed by atoms with Crippen molar-refractivity contribution in [3.63, 3.8) is 0 Å². The van der Waals surface area contributed by atoms with Gasteiger partial charge in [-0.2, -0.15) is 9.57 Å². The molecule has 0 amide bonds. The van der Waals surface area contributed by atoms with Gasteiger partial charge in [0.25, 0.3) is 0 Å². The Hall–Kier alpha value is -1.49. The van der Waals surface area contributed by atoms with E-state index < -0.39 is 20.7 Å². The van der Waals surface area contributed by atoms with Crippen LogP contribution in [0.2, 0.25) is 0 Å². The summed E-state index contributed by atoms with van der Waals surface area (Å²) < 4.78 is 39.8. The van der Waals surface area contributed by atoms with Gasteiger partial charge in [0.15, 0.2) is 0 Å². The highest BCUT2D eigenvalue weighted by atomic mass is 32.2. The molecule has 1 heterocycles. The maximum atomic E-state index is 13.9. The molecule has 108 valence electrons. The Morgan fingerprint density at radius 3 is 2.70 bits per heavy atom. The van der Waals surface area contributed by atoms with Crippen LogP contribution in [0.25, 0.3) is 0 Å². The van der Waals surface area contributed by atoms with Gasteiger partial charge in [0, 0.05) is 19.7 Å². The van der Waals surface area contributed by atoms with Gasteiger partial charge in [-0.3, -0.25) is 0 Å². The molecule has 7 heteroatoms. The number of aliphatic hydroxyl groups excluding tert-OH is 1. The van der Waals surface area contributed by atoms with Crippen molar-refractivity contribution in [1.82, 2.24) is 4.31 Å². The molecule has 1 saturated heterocycles. The lowest BCUT2D eigenvalue weighted by molar-refractivity contribution is 0.210. The van der Waals surface area contributed by atoms with Gasteiger partial charge in [0.2, 0.25) is 10.0 Å². The monoisotopic (exact) mass is 298 g/mol. The van der Waals surface area contributed by atoms with Crippen LogP contribution in [0.5, 0.6) is 0 Å². The van der Waals surface area contributed by atoms with Gasteiger partial charge in [-0.25, -0.2) is 12.8 Å². The maximum absolute atomic E-state index is 13.9. The summed E-state index contributed by atoms with van der Waals surface area (Å²) in [5, 5.41) is 17.8. The first kappa shape index (κ1) is 14.9. The van der Waals surface area contributed by atoms with Crippen molar-refractivity contribution in [1.29, 1.82) is 5.26 Å². The van der Waals surface area contributed by atoms with E-state index in [0.29, 0.717) is 0 Å². The van der Waals surface area contributed by atoms with Crippen molar-refractivity contribution in [3.05, 3.63) is 29.6 Å². The van der Waals surface area contributed by atoms with Crippen LogP contribution in [-0.2, 0) is 10.0 Å². The number of halogens is 1. The molecule has 2 rings (SSSR count). The summed E-state index contributed by atoms with van der Waals surface area (Å²) in [6.45, 7) is 2.20. The van der Waals surface area contributed by atoms with Gasteiger partial charge in [-0.05, 0) is 30.0 Å². The number of nitrogens with zero attached hydrogens (tertiary/aromatic N) is 2. The van der Waals surface area contributed by atoms with E-state index in [9.17, 15) is 17.9 Å². The number of nitriles is 1. The number of hydrogen-bond donors (Lipinski definition) is 1. The van der Waals surface area contributed by atoms with Crippen LogP contribution < -0.4 is 0 Å². The van der Waals surface area contributed by atoms with Crippen LogP contribution in [0.1, 0.15) is 12.5 Å². The van der Waals surface area contributed by atoms with E-state index in [-0.39, 0.29) is 37.1 Å². The van der Waals surface area contributed by atoms with Crippen LogP contribution >= 0.6 is 0 Å². The molecule has 2 atom stereocenters. The van der Waals surface area contributed by atoms with E-state index in [0.717, 1.165) is 12.1 Å². The third-order valence-corrected chi connectivity index (χ3v) is 5.51. The number of rotatable bonds is 3. The third kappa shape index (κ3) is 2.54. The van der Waals surface area contributed by atoms with Crippen molar-refractivity contribution in [3.8, 4) is 6.07 Å². The molecule has 0 saturated carbocycles. The van der Waals surface area contributed by atoms with Crippen LogP contribution in [-0.4, -0.2) is 37.5 Å². The standard InChI is InChI=1S/C13H15FN2O3S/c1-9-6-16(7-11(9)8-17)20(18,19)13-3-2-10(5-15)4-12(13)14/h2-4,9,11,17H,6-8H2,1H3/t9-,11+/m1/s1. The summed E-state index contributed by atoms with van der Waals surface area (Å²) in [4.78, 5) is -0.428. The lowest BCUT2D eigenvalue weighted by atomic mass is 10.00. The van der Waals surface area contributed by atoms with Crippen molar-refractivity contribution in [2.24, 2.45) is 11.8 Å². The molecule has 5 nitrogen and oxygen atoms in total. The fraction of sp³-hybridized carbons (Fsp3) is 0.462. The summed E-state index contributed by atoms with van der Waals surface area (Å²) in [6.07, 6.45) is 0. The predicted octanol–water partition coefficient (Wildman–Crippen LogP) is 0.946. The Morgan fingerprint density at radius 2 is 2.20 bits per heavy atom. The molecule has 1 aliphatic heterocycles. The van der Waals surface area contributed by atoms with Gasteiger partial charge in [-0.1, -0.05) is 6.92 Å². The Labute approximate surface area is 117 Å². The molecule has 0 unspecified atom stereocenters. The molecule has 1 aromatic carbocycles. The fourth-order valence-electron chi connectivity index (χ4n) is 2.34. The second kappa shape index (κ2) is 5.48. The van der Waals surface area contributed by atoms with Crippen molar-refractivity contribution in [2.45, 2.75) is 11.8 Å². The first-order valence-corrected chi connectivity index (χ1v) is 7.64. The zero-order valence-electron chi connectivity index (χ0n) is 11.0. The third-order valence-electron chi connectivity index (χ3n) is 3.65. The average Bonchev–Trinajstić information content (AvgIpc) is 2.80. The van der Waals surface area contributed by atoms with E-state index in [4.69, 9.17) is 5.26 Å². The molecule has 0 spiro atoms. The topological polar surface area (TPSA) is 81.4 Å². The fourth-order valence-corrected chi connectivity index (χ4v) is 3.98. The molecule has 20 heavy (non-hydrogen) atoms. The molecule has 1 aliphatic rings. The van der Waals surface area contributed by atoms with E-state index in [1.165, 1.54) is 10.4 Å². The normalized spacial score (nSPS) is 23.7. The lowest BCUT2D eigenvalue weighted by Gasteiger charge is -2.16. The van der Waals surface area contributed by atoms with E-state index in [2.05, 4.69) is 0 Å². The SMILES string of the molecule is C[C@@H]1CN(S(=O)(=O)c2ccc(C#N)cc2F)C[C@H]1CO. The molecule has 0 aromatic heterocycles. The minimum absolute atomic E-state index is 0.0243. The minimum Gasteiger partial charge on any atom is -0.396 e. The zero-order valence-corrected chi connectivity index (χ0v) is 11.8. The first-order chi connectivity index (χ1) is 9.40. The molecule has 1 N–H and O–H groups in total. The second-order valence-electron chi connectivity index (χ2n) is 5.00. The van der Waals surface area contributed by atoms with Gasteiger partial charge < -0.3 is 5.11 Å². The largest absolute Gasteiger partial charge is 0.396 e. The first-order valence-electron chi connectivity index (χ1n) is 6.20. The van der Waals surface area contributed by atoms with Crippen molar-refractivity contribution < 1.29 is 17.9 Å². The smallest absolute Gasteiger partial charge is 0.246 e. The van der Waals surface area contributed by atoms with Crippen molar-refractivity contribution >= 4 is 10.0 Å². The number of hydrogen-bond acceptors (Lipinski definition) is 4. The van der Waals surface area contributed by atoms with Gasteiger partial charge >= 0.3 is 0 Å². The highest BCUT2D eigenvalue weighted by molar-refractivity contribution is 7.89. The van der Waals surface area contributed by atoms with Crippen LogP contribution in [0, 0.1) is 29.0 Å². The molecule has 1 fully saturated rings. The van der Waals surface area contributed by atoms with Gasteiger partial charge in [-0.15, -0.1) is 0 Å².